The third-order valence-corrected chi connectivity index (χ3v) is 6.03. The van der Waals surface area contributed by atoms with E-state index in [1.54, 1.807) is 0 Å². The van der Waals surface area contributed by atoms with Crippen LogP contribution in [0.5, 0.6) is 0 Å². The summed E-state index contributed by atoms with van der Waals surface area (Å²) in [5, 5.41) is 4.81. The fourth-order valence-corrected chi connectivity index (χ4v) is 5.44. The highest BCUT2D eigenvalue weighted by Gasteiger charge is 2.72. The highest BCUT2D eigenvalue weighted by molar-refractivity contribution is 6.09. The van der Waals surface area contributed by atoms with Crippen molar-refractivity contribution in [3.05, 3.63) is 12.2 Å². The summed E-state index contributed by atoms with van der Waals surface area (Å²) in [5.41, 5.74) is 0. The van der Waals surface area contributed by atoms with Crippen LogP contribution in [0.25, 0.3) is 0 Å². The van der Waals surface area contributed by atoms with E-state index in [4.69, 9.17) is 0 Å². The number of hydrogen-bond acceptors (Lipinski definition) is 4. The Kier molecular flexibility index (Phi) is 1.63. The SMILES string of the molecule is O=C1NC(=O)C2C1[C@H]1C=C[C@@H]2[C@H]2C1[C@H]1C(=O)NC(=O)[C@@H]21. The van der Waals surface area contributed by atoms with Crippen LogP contribution in [0.15, 0.2) is 12.2 Å². The number of hydrogen-bond donors (Lipinski definition) is 2. The molecule has 4 aliphatic carbocycles. The summed E-state index contributed by atoms with van der Waals surface area (Å²) in [5.74, 6) is -2.21. The first kappa shape index (κ1) is 10.8. The lowest BCUT2D eigenvalue weighted by Gasteiger charge is -2.60. The zero-order valence-corrected chi connectivity index (χ0v) is 10.4. The first-order valence-corrected chi connectivity index (χ1v) is 6.97. The molecular formula is C14H12N2O4. The number of rotatable bonds is 0. The Balaban J connectivity index is 1.63. The maximum absolute atomic E-state index is 12.0. The van der Waals surface area contributed by atoms with E-state index in [1.807, 2.05) is 12.2 Å². The topological polar surface area (TPSA) is 92.3 Å². The lowest BCUT2D eigenvalue weighted by Crippen LogP contribution is -2.63. The van der Waals surface area contributed by atoms with Crippen molar-refractivity contribution in [3.63, 3.8) is 0 Å². The average Bonchev–Trinajstić information content (AvgIpc) is 2.78. The smallest absolute Gasteiger partial charge is 0.231 e. The third-order valence-electron chi connectivity index (χ3n) is 6.03. The summed E-state index contributed by atoms with van der Waals surface area (Å²) in [7, 11) is 0. The molecule has 2 bridgehead atoms. The summed E-state index contributed by atoms with van der Waals surface area (Å²) in [6, 6.07) is 0. The van der Waals surface area contributed by atoms with Crippen molar-refractivity contribution < 1.29 is 19.2 Å². The molecule has 0 aromatic rings. The second kappa shape index (κ2) is 3.02. The van der Waals surface area contributed by atoms with E-state index < -0.39 is 0 Å². The number of fused-ring (bicyclic) bond motifs is 1. The number of amides is 4. The Labute approximate surface area is 114 Å². The molecular weight excluding hydrogens is 260 g/mol. The largest absolute Gasteiger partial charge is 0.296 e. The molecule has 6 nitrogen and oxygen atoms in total. The molecule has 2 heterocycles. The van der Waals surface area contributed by atoms with Gasteiger partial charge in [-0.15, -0.1) is 0 Å². The molecule has 0 radical (unpaired) electrons. The van der Waals surface area contributed by atoms with Gasteiger partial charge in [0.2, 0.25) is 23.6 Å². The molecule has 4 amide bonds. The molecule has 0 aromatic heterocycles. The van der Waals surface area contributed by atoms with E-state index >= 15 is 0 Å². The summed E-state index contributed by atoms with van der Waals surface area (Å²) >= 11 is 0. The van der Waals surface area contributed by atoms with Gasteiger partial charge < -0.3 is 0 Å². The first-order valence-electron chi connectivity index (χ1n) is 6.97. The summed E-state index contributed by atoms with van der Waals surface area (Å²) < 4.78 is 0. The molecule has 3 unspecified atom stereocenters. The minimum atomic E-state index is -0.344. The molecule has 102 valence electrons. The quantitative estimate of drug-likeness (QED) is 0.429. The number of imide groups is 2. The Morgan fingerprint density at radius 1 is 0.600 bits per heavy atom. The van der Waals surface area contributed by atoms with E-state index in [2.05, 4.69) is 10.6 Å². The molecule has 2 saturated carbocycles. The van der Waals surface area contributed by atoms with E-state index in [1.165, 1.54) is 0 Å². The summed E-state index contributed by atoms with van der Waals surface area (Å²) in [6.07, 6.45) is 3.97. The van der Waals surface area contributed by atoms with Gasteiger partial charge in [-0.25, -0.2) is 0 Å². The van der Waals surface area contributed by atoms with Crippen molar-refractivity contribution in [2.24, 2.45) is 47.3 Å². The van der Waals surface area contributed by atoms with Crippen LogP contribution >= 0.6 is 0 Å². The summed E-state index contributed by atoms with van der Waals surface area (Å²) in [6.45, 7) is 0. The standard InChI is InChI=1S/C14H12N2O4/c17-11-7-3-1-2-4(8(7)12(18)15-11)6-5(3)9-10(6)14(20)16-13(9)19/h1-10H,(H,15,17,18)(H,16,19,20)/t3-,4+,5+,6?,7?,8?,9+,10-/m1/s1. The second-order valence-electron chi connectivity index (χ2n) is 6.50. The van der Waals surface area contributed by atoms with Crippen LogP contribution in [-0.4, -0.2) is 23.6 Å². The van der Waals surface area contributed by atoms with Crippen molar-refractivity contribution in [2.45, 2.75) is 0 Å². The van der Waals surface area contributed by atoms with Gasteiger partial charge in [0.15, 0.2) is 0 Å². The van der Waals surface area contributed by atoms with Gasteiger partial charge in [-0.2, -0.15) is 0 Å². The third kappa shape index (κ3) is 0.910. The zero-order chi connectivity index (χ0) is 13.8. The van der Waals surface area contributed by atoms with E-state index in [0.29, 0.717) is 0 Å². The van der Waals surface area contributed by atoms with Crippen LogP contribution < -0.4 is 10.6 Å². The van der Waals surface area contributed by atoms with Crippen LogP contribution in [0.1, 0.15) is 0 Å². The number of allylic oxidation sites excluding steroid dienone is 2. The predicted molar refractivity (Wildman–Crippen MR) is 63.4 cm³/mol. The fraction of sp³-hybridized carbons (Fsp3) is 0.571. The number of carbonyl (C=O) groups is 4. The maximum atomic E-state index is 12.0. The van der Waals surface area contributed by atoms with Crippen molar-refractivity contribution in [1.29, 1.82) is 0 Å². The Bertz CT molecular complexity index is 587. The lowest BCUT2D eigenvalue weighted by atomic mass is 9.40. The highest BCUT2D eigenvalue weighted by Crippen LogP contribution is 2.66. The van der Waals surface area contributed by atoms with Gasteiger partial charge in [0.1, 0.15) is 0 Å². The van der Waals surface area contributed by atoms with E-state index in [9.17, 15) is 19.2 Å². The van der Waals surface area contributed by atoms with Gasteiger partial charge in [0, 0.05) is 0 Å². The Morgan fingerprint density at radius 3 is 1.35 bits per heavy atom. The fourth-order valence-electron chi connectivity index (χ4n) is 5.44. The molecule has 6 heteroatoms. The molecule has 6 aliphatic rings. The van der Waals surface area contributed by atoms with Crippen molar-refractivity contribution in [1.82, 2.24) is 10.6 Å². The molecule has 4 fully saturated rings. The monoisotopic (exact) mass is 272 g/mol. The minimum absolute atomic E-state index is 0.0411. The van der Waals surface area contributed by atoms with Crippen LogP contribution in [0.3, 0.4) is 0 Å². The first-order chi connectivity index (χ1) is 9.59. The normalized spacial score (nSPS) is 54.0. The number of nitrogens with one attached hydrogen (secondary N) is 2. The van der Waals surface area contributed by atoms with Gasteiger partial charge in [-0.3, -0.25) is 29.8 Å². The Hall–Kier alpha value is -1.98. The molecule has 8 atom stereocenters. The molecule has 2 saturated heterocycles. The highest BCUT2D eigenvalue weighted by atomic mass is 16.2. The zero-order valence-electron chi connectivity index (χ0n) is 10.4. The number of carbonyl (C=O) groups excluding carboxylic acids is 4. The summed E-state index contributed by atoms with van der Waals surface area (Å²) in [4.78, 5) is 47.8. The van der Waals surface area contributed by atoms with E-state index in [0.717, 1.165) is 0 Å². The predicted octanol–water partition coefficient (Wildman–Crippen LogP) is -1.17. The van der Waals surface area contributed by atoms with Gasteiger partial charge in [-0.1, -0.05) is 12.2 Å². The molecule has 20 heavy (non-hydrogen) atoms. The van der Waals surface area contributed by atoms with Crippen molar-refractivity contribution in [2.75, 3.05) is 0 Å². The molecule has 0 spiro atoms. The van der Waals surface area contributed by atoms with Gasteiger partial charge >= 0.3 is 0 Å². The Morgan fingerprint density at radius 2 is 0.950 bits per heavy atom. The minimum Gasteiger partial charge on any atom is -0.296 e. The maximum Gasteiger partial charge on any atom is 0.231 e. The van der Waals surface area contributed by atoms with Crippen LogP contribution in [0.2, 0.25) is 0 Å². The molecule has 2 N–H and O–H groups in total. The van der Waals surface area contributed by atoms with Crippen molar-refractivity contribution >= 4 is 23.6 Å². The lowest BCUT2D eigenvalue weighted by molar-refractivity contribution is -0.166. The van der Waals surface area contributed by atoms with Crippen molar-refractivity contribution in [3.8, 4) is 0 Å². The van der Waals surface area contributed by atoms with Gasteiger partial charge in [0.25, 0.3) is 0 Å². The van der Waals surface area contributed by atoms with E-state index in [-0.39, 0.29) is 71.0 Å². The molecule has 6 rings (SSSR count). The van der Waals surface area contributed by atoms with Gasteiger partial charge in [0.05, 0.1) is 23.7 Å². The van der Waals surface area contributed by atoms with Crippen LogP contribution in [0.4, 0.5) is 0 Å². The van der Waals surface area contributed by atoms with Crippen LogP contribution in [-0.2, 0) is 19.2 Å². The molecule has 0 aromatic carbocycles. The second-order valence-corrected chi connectivity index (χ2v) is 6.50. The van der Waals surface area contributed by atoms with Gasteiger partial charge in [-0.05, 0) is 23.7 Å². The molecule has 2 aliphatic heterocycles. The average molecular weight is 272 g/mol. The van der Waals surface area contributed by atoms with Crippen LogP contribution in [0, 0.1) is 47.3 Å².